The highest BCUT2D eigenvalue weighted by Gasteiger charge is 2.41. The van der Waals surface area contributed by atoms with Crippen LogP contribution < -0.4 is 5.32 Å². The highest BCUT2D eigenvalue weighted by molar-refractivity contribution is 6.34. The summed E-state index contributed by atoms with van der Waals surface area (Å²) >= 11 is 12.0. The average molecular weight is 520 g/mol. The van der Waals surface area contributed by atoms with Gasteiger partial charge in [-0.05, 0) is 36.4 Å². The zero-order valence-corrected chi connectivity index (χ0v) is 19.1. The van der Waals surface area contributed by atoms with Crippen LogP contribution in [0.4, 0.5) is 10.1 Å². The molecule has 0 aromatic heterocycles. The number of para-hydroxylation sites is 1. The van der Waals surface area contributed by atoms with Crippen LogP contribution in [-0.4, -0.2) is 41.1 Å². The zero-order chi connectivity index (χ0) is 25.5. The van der Waals surface area contributed by atoms with Gasteiger partial charge in [0.05, 0.1) is 26.9 Å². The van der Waals surface area contributed by atoms with Gasteiger partial charge in [0.15, 0.2) is 0 Å². The van der Waals surface area contributed by atoms with E-state index < -0.39 is 41.8 Å². The lowest BCUT2D eigenvalue weighted by atomic mass is 10.1. The lowest BCUT2D eigenvalue weighted by Crippen LogP contribution is -2.48. The number of rotatable bonds is 8. The molecule has 0 aliphatic carbocycles. The topological polar surface area (TPSA) is 119 Å². The molecule has 0 bridgehead atoms. The monoisotopic (exact) mass is 519 g/mol. The Morgan fingerprint density at radius 2 is 1.20 bits per heavy atom. The Balaban J connectivity index is 1.95. The van der Waals surface area contributed by atoms with Crippen LogP contribution >= 0.6 is 23.2 Å². The predicted octanol–water partition coefficient (Wildman–Crippen LogP) is 4.61. The van der Waals surface area contributed by atoms with Crippen LogP contribution in [0.5, 0.6) is 0 Å². The van der Waals surface area contributed by atoms with Crippen molar-refractivity contribution in [3.63, 3.8) is 0 Å². The number of aliphatic carboxylic acids is 1. The Bertz CT molecular complexity index is 1280. The first-order valence-corrected chi connectivity index (χ1v) is 10.6. The van der Waals surface area contributed by atoms with Crippen molar-refractivity contribution in [2.45, 2.75) is 12.2 Å². The highest BCUT2D eigenvalue weighted by Crippen LogP contribution is 2.22. The Kier molecular flexibility index (Phi) is 8.40. The van der Waals surface area contributed by atoms with Gasteiger partial charge in [-0.25, -0.2) is 18.8 Å². The van der Waals surface area contributed by atoms with Crippen molar-refractivity contribution in [1.29, 1.82) is 0 Å². The number of esters is 2. The van der Waals surface area contributed by atoms with Crippen LogP contribution in [0.15, 0.2) is 72.8 Å². The number of carboxylic acids is 1. The van der Waals surface area contributed by atoms with Crippen LogP contribution in [0.2, 0.25) is 10.0 Å². The van der Waals surface area contributed by atoms with E-state index in [0.29, 0.717) is 0 Å². The van der Waals surface area contributed by atoms with Crippen molar-refractivity contribution in [2.24, 2.45) is 0 Å². The van der Waals surface area contributed by atoms with E-state index in [0.717, 1.165) is 6.07 Å². The predicted molar refractivity (Wildman–Crippen MR) is 124 cm³/mol. The van der Waals surface area contributed by atoms with Crippen molar-refractivity contribution in [3.8, 4) is 0 Å². The van der Waals surface area contributed by atoms with Crippen molar-refractivity contribution in [2.75, 3.05) is 5.32 Å². The van der Waals surface area contributed by atoms with E-state index in [1.807, 2.05) is 0 Å². The minimum Gasteiger partial charge on any atom is -0.478 e. The van der Waals surface area contributed by atoms with Gasteiger partial charge in [0, 0.05) is 0 Å². The van der Waals surface area contributed by atoms with E-state index in [2.05, 4.69) is 5.32 Å². The zero-order valence-electron chi connectivity index (χ0n) is 17.6. The number of benzene rings is 3. The number of hydrogen-bond acceptors (Lipinski definition) is 6. The fourth-order valence-electron chi connectivity index (χ4n) is 2.87. The van der Waals surface area contributed by atoms with E-state index in [1.165, 1.54) is 66.7 Å². The summed E-state index contributed by atoms with van der Waals surface area (Å²) in [7, 11) is 0. The summed E-state index contributed by atoms with van der Waals surface area (Å²) in [6.45, 7) is 0. The van der Waals surface area contributed by atoms with Gasteiger partial charge in [-0.3, -0.25) is 4.79 Å². The van der Waals surface area contributed by atoms with E-state index >= 15 is 0 Å². The van der Waals surface area contributed by atoms with Gasteiger partial charge >= 0.3 is 17.9 Å². The molecule has 11 heteroatoms. The number of amides is 1. The van der Waals surface area contributed by atoms with Crippen molar-refractivity contribution in [1.82, 2.24) is 0 Å². The molecule has 0 saturated carbocycles. The second-order valence-corrected chi connectivity index (χ2v) is 7.73. The summed E-state index contributed by atoms with van der Waals surface area (Å²) in [4.78, 5) is 50.3. The molecule has 0 heterocycles. The molecule has 3 aromatic carbocycles. The number of halogens is 3. The third-order valence-corrected chi connectivity index (χ3v) is 5.22. The molecule has 0 radical (unpaired) electrons. The number of anilines is 1. The van der Waals surface area contributed by atoms with E-state index in [1.54, 1.807) is 0 Å². The maximum absolute atomic E-state index is 14.1. The smallest absolute Gasteiger partial charge is 0.349 e. The Hall–Kier alpha value is -3.95. The molecule has 1 amide bonds. The molecule has 0 unspecified atom stereocenters. The number of nitrogens with one attached hydrogen (secondary N) is 1. The van der Waals surface area contributed by atoms with Gasteiger partial charge in [-0.1, -0.05) is 59.6 Å². The fourth-order valence-corrected chi connectivity index (χ4v) is 3.30. The van der Waals surface area contributed by atoms with E-state index in [4.69, 9.17) is 32.7 Å². The summed E-state index contributed by atoms with van der Waals surface area (Å²) in [5.74, 6) is -6.29. The quantitative estimate of drug-likeness (QED) is 0.417. The SMILES string of the molecule is O=C(O[C@H](C(=O)O)[C@H](OC(=O)c1ccccc1Cl)C(=O)Nc1ccccc1F)c1ccccc1Cl. The summed E-state index contributed by atoms with van der Waals surface area (Å²) in [5.41, 5.74) is -0.691. The molecule has 180 valence electrons. The molecule has 2 atom stereocenters. The van der Waals surface area contributed by atoms with Gasteiger partial charge < -0.3 is 19.9 Å². The number of ether oxygens (including phenoxy) is 2. The van der Waals surface area contributed by atoms with Gasteiger partial charge in [0.2, 0.25) is 12.2 Å². The molecule has 2 N–H and O–H groups in total. The lowest BCUT2D eigenvalue weighted by molar-refractivity contribution is -0.157. The maximum atomic E-state index is 14.1. The van der Waals surface area contributed by atoms with Crippen LogP contribution in [0.3, 0.4) is 0 Å². The third kappa shape index (κ3) is 6.34. The molecule has 0 aliphatic heterocycles. The second kappa shape index (κ2) is 11.5. The van der Waals surface area contributed by atoms with E-state index in [-0.39, 0.29) is 26.9 Å². The molecular weight excluding hydrogens is 504 g/mol. The molecule has 0 fully saturated rings. The molecule has 0 aliphatic rings. The Labute approximate surface area is 208 Å². The molecule has 0 saturated heterocycles. The summed E-state index contributed by atoms with van der Waals surface area (Å²) in [6, 6.07) is 16.3. The first-order chi connectivity index (χ1) is 16.7. The first kappa shape index (κ1) is 25.7. The van der Waals surface area contributed by atoms with Crippen LogP contribution in [-0.2, 0) is 19.1 Å². The number of carboxylic acid groups (broad SMARTS) is 1. The summed E-state index contributed by atoms with van der Waals surface area (Å²) in [5, 5.41) is 11.8. The van der Waals surface area contributed by atoms with Gasteiger partial charge in [-0.2, -0.15) is 0 Å². The largest absolute Gasteiger partial charge is 0.478 e. The second-order valence-electron chi connectivity index (χ2n) is 6.92. The fraction of sp³-hybridized carbons (Fsp3) is 0.0833. The number of carbonyl (C=O) groups is 4. The van der Waals surface area contributed by atoms with E-state index in [9.17, 15) is 28.7 Å². The van der Waals surface area contributed by atoms with Crippen LogP contribution in [0.1, 0.15) is 20.7 Å². The van der Waals surface area contributed by atoms with Crippen molar-refractivity contribution in [3.05, 3.63) is 99.8 Å². The first-order valence-electron chi connectivity index (χ1n) is 9.88. The standard InChI is InChI=1S/C24H16Cl2FNO7/c25-15-9-3-1-7-13(15)23(32)34-19(21(29)28-18-12-6-5-11-17(18)27)20(22(30)31)35-24(33)14-8-2-4-10-16(14)26/h1-12,19-20H,(H,28,29)(H,30,31)/t19-,20-/m0/s1. The Morgan fingerprint density at radius 3 is 1.69 bits per heavy atom. The number of hydrogen-bond donors (Lipinski definition) is 2. The molecule has 0 spiro atoms. The Morgan fingerprint density at radius 1 is 0.743 bits per heavy atom. The van der Waals surface area contributed by atoms with Gasteiger partial charge in [-0.15, -0.1) is 0 Å². The lowest BCUT2D eigenvalue weighted by Gasteiger charge is -2.24. The molecular formula is C24H16Cl2FNO7. The summed E-state index contributed by atoms with van der Waals surface area (Å²) < 4.78 is 24.2. The van der Waals surface area contributed by atoms with Crippen molar-refractivity contribution < 1.29 is 38.1 Å². The minimum absolute atomic E-state index is 0.0364. The number of carbonyl (C=O) groups excluding carboxylic acids is 3. The normalized spacial score (nSPS) is 12.2. The molecule has 8 nitrogen and oxygen atoms in total. The highest BCUT2D eigenvalue weighted by atomic mass is 35.5. The molecule has 35 heavy (non-hydrogen) atoms. The third-order valence-electron chi connectivity index (χ3n) is 4.56. The maximum Gasteiger partial charge on any atom is 0.349 e. The molecule has 3 rings (SSSR count). The van der Waals surface area contributed by atoms with Crippen molar-refractivity contribution >= 4 is 52.7 Å². The van der Waals surface area contributed by atoms with Gasteiger partial charge in [0.25, 0.3) is 5.91 Å². The average Bonchev–Trinajstić information content (AvgIpc) is 2.82. The van der Waals surface area contributed by atoms with Crippen LogP contribution in [0, 0.1) is 5.82 Å². The van der Waals surface area contributed by atoms with Gasteiger partial charge in [0.1, 0.15) is 5.82 Å². The minimum atomic E-state index is -2.32. The molecule has 3 aromatic rings. The van der Waals surface area contributed by atoms with Crippen LogP contribution in [0.25, 0.3) is 0 Å². The summed E-state index contributed by atoms with van der Waals surface area (Å²) in [6.07, 6.45) is -4.56.